The van der Waals surface area contributed by atoms with E-state index in [-0.39, 0.29) is 35.5 Å². The molecule has 0 aromatic heterocycles. The molecule has 2 heterocycles. The minimum Gasteiger partial charge on any atom is -0.277 e. The molecule has 0 radical (unpaired) electrons. The van der Waals surface area contributed by atoms with Gasteiger partial charge in [-0.2, -0.15) is 0 Å². The lowest BCUT2D eigenvalue weighted by Crippen LogP contribution is -2.50. The molecule has 4 amide bonds. The summed E-state index contributed by atoms with van der Waals surface area (Å²) in [6.45, 7) is 11.0. The number of amides is 4. The molecule has 0 unspecified atom stereocenters. The molecule has 26 heavy (non-hydrogen) atoms. The molecule has 3 aliphatic carbocycles. The van der Waals surface area contributed by atoms with Crippen LogP contribution in [0.5, 0.6) is 0 Å². The minimum atomic E-state index is -0.606. The summed E-state index contributed by atoms with van der Waals surface area (Å²) in [7, 11) is 0. The molecular weight excluding hydrogens is 332 g/mol. The van der Waals surface area contributed by atoms with Crippen LogP contribution in [-0.4, -0.2) is 44.5 Å². The first kappa shape index (κ1) is 17.4. The zero-order valence-corrected chi connectivity index (χ0v) is 16.1. The molecule has 4 atom stereocenters. The van der Waals surface area contributed by atoms with Crippen molar-refractivity contribution >= 4 is 23.6 Å². The number of hydrogen-bond donors (Lipinski definition) is 0. The number of hydrogen-bond acceptors (Lipinski definition) is 4. The maximum absolute atomic E-state index is 13.1. The Kier molecular flexibility index (Phi) is 3.25. The molecule has 0 aromatic carbocycles. The molecule has 6 heteroatoms. The normalized spacial score (nSPS) is 39.2. The molecule has 2 bridgehead atoms. The van der Waals surface area contributed by atoms with E-state index in [9.17, 15) is 19.2 Å². The van der Waals surface area contributed by atoms with Crippen molar-refractivity contribution in [2.75, 3.05) is 0 Å². The molecule has 2 saturated heterocycles. The van der Waals surface area contributed by atoms with Crippen molar-refractivity contribution in [2.45, 2.75) is 52.6 Å². The van der Waals surface area contributed by atoms with Crippen LogP contribution < -0.4 is 0 Å². The van der Waals surface area contributed by atoms with Gasteiger partial charge in [0.2, 0.25) is 23.6 Å². The third-order valence-electron chi connectivity index (χ3n) is 6.35. The molecule has 5 aliphatic rings. The molecule has 0 spiro atoms. The predicted molar refractivity (Wildman–Crippen MR) is 93.3 cm³/mol. The molecule has 1 saturated carbocycles. The molecule has 5 rings (SSSR count). The number of carbonyl (C=O) groups is 4. The van der Waals surface area contributed by atoms with Crippen LogP contribution >= 0.6 is 0 Å². The zero-order valence-electron chi connectivity index (χ0n) is 16.1. The van der Waals surface area contributed by atoms with Gasteiger partial charge in [0.1, 0.15) is 0 Å². The predicted octanol–water partition coefficient (Wildman–Crippen LogP) is 1.60. The maximum Gasteiger partial charge on any atom is 0.234 e. The fourth-order valence-corrected chi connectivity index (χ4v) is 5.55. The lowest BCUT2D eigenvalue weighted by Gasteiger charge is -2.44. The molecular formula is C20H26N2O4. The molecule has 2 aliphatic heterocycles. The summed E-state index contributed by atoms with van der Waals surface area (Å²) in [5, 5.41) is 0. The first-order valence-corrected chi connectivity index (χ1v) is 9.31. The van der Waals surface area contributed by atoms with Gasteiger partial charge < -0.3 is 0 Å². The van der Waals surface area contributed by atoms with Crippen molar-refractivity contribution in [3.63, 3.8) is 0 Å². The van der Waals surface area contributed by atoms with Crippen LogP contribution in [0.3, 0.4) is 0 Å². The standard InChI is InChI=1S/C20H26N2O4/c1-19(2,3)21-15(23)11-9-7-8-10(12(11)16(21)24)14-13(9)17(25)22(18(14)26)20(4,5)6/h7-14H,1-6H3/t9?,10?,11-,12-,13-,14-/m1/s1. The van der Waals surface area contributed by atoms with E-state index in [1.807, 2.05) is 53.7 Å². The fourth-order valence-electron chi connectivity index (χ4n) is 5.55. The van der Waals surface area contributed by atoms with Gasteiger partial charge >= 0.3 is 0 Å². The van der Waals surface area contributed by atoms with Gasteiger partial charge in [0.25, 0.3) is 0 Å². The van der Waals surface area contributed by atoms with Gasteiger partial charge in [0, 0.05) is 22.9 Å². The van der Waals surface area contributed by atoms with E-state index >= 15 is 0 Å². The third kappa shape index (κ3) is 1.93. The zero-order chi connectivity index (χ0) is 19.3. The Morgan fingerprint density at radius 1 is 0.577 bits per heavy atom. The highest BCUT2D eigenvalue weighted by atomic mass is 16.2. The van der Waals surface area contributed by atoms with E-state index in [1.54, 1.807) is 0 Å². The smallest absolute Gasteiger partial charge is 0.234 e. The van der Waals surface area contributed by atoms with Crippen molar-refractivity contribution in [3.05, 3.63) is 12.2 Å². The van der Waals surface area contributed by atoms with Crippen molar-refractivity contribution in [2.24, 2.45) is 35.5 Å². The number of carbonyl (C=O) groups excluding carboxylic acids is 4. The summed E-state index contributed by atoms with van der Waals surface area (Å²) in [5.74, 6) is -3.60. The molecule has 6 nitrogen and oxygen atoms in total. The Bertz CT molecular complexity index is 662. The summed E-state index contributed by atoms with van der Waals surface area (Å²) in [5.41, 5.74) is -1.21. The monoisotopic (exact) mass is 358 g/mol. The first-order valence-electron chi connectivity index (χ1n) is 9.31. The van der Waals surface area contributed by atoms with E-state index in [2.05, 4.69) is 0 Å². The quantitative estimate of drug-likeness (QED) is 0.487. The maximum atomic E-state index is 13.1. The van der Waals surface area contributed by atoms with Crippen molar-refractivity contribution in [3.8, 4) is 0 Å². The average Bonchev–Trinajstić information content (AvgIpc) is 2.93. The summed E-state index contributed by atoms with van der Waals surface area (Å²) in [6.07, 6.45) is 3.81. The van der Waals surface area contributed by atoms with Gasteiger partial charge in [-0.25, -0.2) is 0 Å². The summed E-state index contributed by atoms with van der Waals surface area (Å²) in [6, 6.07) is 0. The van der Waals surface area contributed by atoms with Crippen molar-refractivity contribution in [1.29, 1.82) is 0 Å². The Hall–Kier alpha value is -1.98. The van der Waals surface area contributed by atoms with Gasteiger partial charge in [-0.15, -0.1) is 0 Å². The van der Waals surface area contributed by atoms with Gasteiger partial charge in [-0.05, 0) is 41.5 Å². The number of nitrogens with zero attached hydrogens (tertiary/aromatic N) is 2. The second-order valence-corrected chi connectivity index (χ2v) is 10.0. The molecule has 0 aromatic rings. The van der Waals surface area contributed by atoms with Crippen LogP contribution in [0.1, 0.15) is 41.5 Å². The van der Waals surface area contributed by atoms with Gasteiger partial charge in [-0.1, -0.05) is 12.2 Å². The van der Waals surface area contributed by atoms with Crippen LogP contribution in [0.4, 0.5) is 0 Å². The van der Waals surface area contributed by atoms with Crippen LogP contribution in [0.2, 0.25) is 0 Å². The third-order valence-corrected chi connectivity index (χ3v) is 6.35. The second kappa shape index (κ2) is 4.84. The van der Waals surface area contributed by atoms with E-state index in [1.165, 1.54) is 9.80 Å². The van der Waals surface area contributed by atoms with E-state index in [0.717, 1.165) is 0 Å². The minimum absolute atomic E-state index is 0.195. The van der Waals surface area contributed by atoms with E-state index < -0.39 is 34.7 Å². The molecule has 140 valence electrons. The Morgan fingerprint density at radius 3 is 1.00 bits per heavy atom. The van der Waals surface area contributed by atoms with Gasteiger partial charge in [0.05, 0.1) is 23.7 Å². The highest BCUT2D eigenvalue weighted by Crippen LogP contribution is 2.59. The van der Waals surface area contributed by atoms with Crippen LogP contribution in [0.15, 0.2) is 12.2 Å². The lowest BCUT2D eigenvalue weighted by molar-refractivity contribution is -0.145. The topological polar surface area (TPSA) is 74.8 Å². The van der Waals surface area contributed by atoms with E-state index in [4.69, 9.17) is 0 Å². The van der Waals surface area contributed by atoms with E-state index in [0.29, 0.717) is 0 Å². The van der Waals surface area contributed by atoms with Crippen molar-refractivity contribution < 1.29 is 19.2 Å². The Balaban J connectivity index is 1.80. The summed E-state index contributed by atoms with van der Waals surface area (Å²) in [4.78, 5) is 55.1. The fraction of sp³-hybridized carbons (Fsp3) is 0.700. The summed E-state index contributed by atoms with van der Waals surface area (Å²) < 4.78 is 0. The highest BCUT2D eigenvalue weighted by molar-refractivity contribution is 6.11. The largest absolute Gasteiger partial charge is 0.277 e. The number of allylic oxidation sites excluding steroid dienone is 2. The molecule has 0 N–H and O–H groups in total. The average molecular weight is 358 g/mol. The first-order chi connectivity index (χ1) is 11.9. The molecule has 3 fully saturated rings. The van der Waals surface area contributed by atoms with Crippen LogP contribution in [-0.2, 0) is 19.2 Å². The number of imide groups is 2. The Labute approximate surface area is 153 Å². The lowest BCUT2D eigenvalue weighted by atomic mass is 9.54. The van der Waals surface area contributed by atoms with Gasteiger partial charge in [0.15, 0.2) is 0 Å². The Morgan fingerprint density at radius 2 is 0.808 bits per heavy atom. The van der Waals surface area contributed by atoms with Crippen LogP contribution in [0.25, 0.3) is 0 Å². The number of likely N-dealkylation sites (tertiary alicyclic amines) is 2. The second-order valence-electron chi connectivity index (χ2n) is 10.0. The van der Waals surface area contributed by atoms with Gasteiger partial charge in [-0.3, -0.25) is 29.0 Å². The van der Waals surface area contributed by atoms with Crippen molar-refractivity contribution in [1.82, 2.24) is 9.80 Å². The number of rotatable bonds is 0. The van der Waals surface area contributed by atoms with Crippen LogP contribution in [0, 0.1) is 35.5 Å². The SMILES string of the molecule is CC(C)(C)N1C(=O)[C@@H]2C3C=CC([C@H]2C1=O)[C@H]1C(=O)N(C(C)(C)C)C(=O)[C@H]31. The summed E-state index contributed by atoms with van der Waals surface area (Å²) >= 11 is 0. The highest BCUT2D eigenvalue weighted by Gasteiger charge is 2.69.